The molecule has 1 aromatic heterocycles. The molecule has 0 spiro atoms. The molecular formula is C22H31N5O2. The average molecular weight is 398 g/mol. The fourth-order valence-electron chi connectivity index (χ4n) is 3.60. The van der Waals surface area contributed by atoms with E-state index < -0.39 is 0 Å². The van der Waals surface area contributed by atoms with E-state index in [0.717, 1.165) is 48.9 Å². The lowest BCUT2D eigenvalue weighted by atomic mass is 10.0. The van der Waals surface area contributed by atoms with Gasteiger partial charge in [-0.05, 0) is 44.0 Å². The highest BCUT2D eigenvalue weighted by atomic mass is 16.5. The van der Waals surface area contributed by atoms with E-state index in [9.17, 15) is 4.79 Å². The summed E-state index contributed by atoms with van der Waals surface area (Å²) in [7, 11) is 1.65. The minimum absolute atomic E-state index is 0.136. The van der Waals surface area contributed by atoms with Gasteiger partial charge in [0.15, 0.2) is 0 Å². The highest BCUT2D eigenvalue weighted by Gasteiger charge is 2.26. The van der Waals surface area contributed by atoms with Gasteiger partial charge in [-0.25, -0.2) is 4.98 Å². The first kappa shape index (κ1) is 20.9. The molecule has 1 amide bonds. The molecule has 1 fully saturated rings. The third-order valence-corrected chi connectivity index (χ3v) is 5.41. The van der Waals surface area contributed by atoms with Crippen molar-refractivity contribution in [2.45, 2.75) is 33.6 Å². The van der Waals surface area contributed by atoms with Gasteiger partial charge in [-0.15, -0.1) is 0 Å². The number of methoxy groups -OCH3 is 1. The third-order valence-electron chi connectivity index (χ3n) is 5.41. The predicted molar refractivity (Wildman–Crippen MR) is 116 cm³/mol. The number of aromatic nitrogens is 2. The summed E-state index contributed by atoms with van der Waals surface area (Å²) in [5.74, 6) is 2.69. The Balaban J connectivity index is 1.66. The molecule has 29 heavy (non-hydrogen) atoms. The number of rotatable bonds is 7. The van der Waals surface area contributed by atoms with Crippen molar-refractivity contribution in [1.82, 2.24) is 14.9 Å². The third kappa shape index (κ3) is 5.16. The summed E-state index contributed by atoms with van der Waals surface area (Å²) in [5.41, 5.74) is 1.84. The van der Waals surface area contributed by atoms with Crippen LogP contribution < -0.4 is 15.0 Å². The Morgan fingerprint density at radius 2 is 1.76 bits per heavy atom. The summed E-state index contributed by atoms with van der Waals surface area (Å²) in [4.78, 5) is 26.1. The number of piperazine rings is 1. The van der Waals surface area contributed by atoms with E-state index in [1.165, 1.54) is 0 Å². The van der Waals surface area contributed by atoms with Crippen LogP contribution in [0.5, 0.6) is 5.75 Å². The van der Waals surface area contributed by atoms with Crippen molar-refractivity contribution in [2.24, 2.45) is 5.92 Å². The molecule has 7 heteroatoms. The van der Waals surface area contributed by atoms with Gasteiger partial charge in [-0.3, -0.25) is 4.79 Å². The van der Waals surface area contributed by atoms with Crippen LogP contribution in [-0.4, -0.2) is 54.1 Å². The number of nitrogens with zero attached hydrogens (tertiary/aromatic N) is 4. The first-order valence-electron chi connectivity index (χ1n) is 10.3. The zero-order valence-corrected chi connectivity index (χ0v) is 17.8. The molecule has 0 unspecified atom stereocenters. The molecule has 1 aliphatic rings. The SMILES string of the molecule is CCC(CC)C(=O)N1CCN(c2nc(C)cc(Nc3ccc(OC)cc3)n2)CC1. The lowest BCUT2D eigenvalue weighted by Gasteiger charge is -2.36. The van der Waals surface area contributed by atoms with E-state index in [2.05, 4.69) is 29.0 Å². The van der Waals surface area contributed by atoms with E-state index >= 15 is 0 Å². The van der Waals surface area contributed by atoms with Crippen molar-refractivity contribution < 1.29 is 9.53 Å². The van der Waals surface area contributed by atoms with Gasteiger partial charge in [0.1, 0.15) is 11.6 Å². The van der Waals surface area contributed by atoms with Crippen LogP contribution in [0.25, 0.3) is 0 Å². The summed E-state index contributed by atoms with van der Waals surface area (Å²) in [6, 6.07) is 9.66. The molecule has 1 saturated heterocycles. The first-order chi connectivity index (χ1) is 14.0. The number of carbonyl (C=O) groups excluding carboxylic acids is 1. The highest BCUT2D eigenvalue weighted by molar-refractivity contribution is 5.79. The van der Waals surface area contributed by atoms with E-state index in [4.69, 9.17) is 9.72 Å². The van der Waals surface area contributed by atoms with Crippen LogP contribution in [-0.2, 0) is 4.79 Å². The number of anilines is 3. The van der Waals surface area contributed by atoms with Crippen molar-refractivity contribution in [2.75, 3.05) is 43.5 Å². The topological polar surface area (TPSA) is 70.6 Å². The Kier molecular flexibility index (Phi) is 6.90. The van der Waals surface area contributed by atoms with Crippen LogP contribution in [0, 0.1) is 12.8 Å². The summed E-state index contributed by atoms with van der Waals surface area (Å²) in [6.07, 6.45) is 1.80. The van der Waals surface area contributed by atoms with Gasteiger partial charge in [-0.1, -0.05) is 13.8 Å². The van der Waals surface area contributed by atoms with Crippen molar-refractivity contribution in [3.63, 3.8) is 0 Å². The Hall–Kier alpha value is -2.83. The van der Waals surface area contributed by atoms with Crippen LogP contribution in [0.15, 0.2) is 30.3 Å². The minimum atomic E-state index is 0.136. The van der Waals surface area contributed by atoms with Gasteiger partial charge < -0.3 is 19.9 Å². The lowest BCUT2D eigenvalue weighted by molar-refractivity contribution is -0.136. The molecule has 2 aromatic rings. The number of hydrogen-bond acceptors (Lipinski definition) is 6. The predicted octanol–water partition coefficient (Wildman–Crippen LogP) is 3.62. The number of hydrogen-bond donors (Lipinski definition) is 1. The second-order valence-corrected chi connectivity index (χ2v) is 7.37. The molecule has 2 heterocycles. The smallest absolute Gasteiger partial charge is 0.227 e. The van der Waals surface area contributed by atoms with Gasteiger partial charge >= 0.3 is 0 Å². The van der Waals surface area contributed by atoms with E-state index in [-0.39, 0.29) is 11.8 Å². The molecule has 0 bridgehead atoms. The van der Waals surface area contributed by atoms with Crippen molar-refractivity contribution >= 4 is 23.4 Å². The summed E-state index contributed by atoms with van der Waals surface area (Å²) < 4.78 is 5.20. The Morgan fingerprint density at radius 1 is 1.10 bits per heavy atom. The molecule has 0 aliphatic carbocycles. The zero-order valence-electron chi connectivity index (χ0n) is 17.8. The number of carbonyl (C=O) groups is 1. The molecule has 1 aromatic carbocycles. The van der Waals surface area contributed by atoms with Crippen LogP contribution in [0.1, 0.15) is 32.4 Å². The number of nitrogens with one attached hydrogen (secondary N) is 1. The number of benzene rings is 1. The largest absolute Gasteiger partial charge is 0.497 e. The molecule has 0 saturated carbocycles. The lowest BCUT2D eigenvalue weighted by Crippen LogP contribution is -2.50. The number of ether oxygens (including phenoxy) is 1. The van der Waals surface area contributed by atoms with Gasteiger partial charge in [0, 0.05) is 49.5 Å². The quantitative estimate of drug-likeness (QED) is 0.769. The number of amides is 1. The van der Waals surface area contributed by atoms with E-state index in [0.29, 0.717) is 19.0 Å². The summed E-state index contributed by atoms with van der Waals surface area (Å²) >= 11 is 0. The fraction of sp³-hybridized carbons (Fsp3) is 0.500. The number of aryl methyl sites for hydroxylation is 1. The van der Waals surface area contributed by atoms with Gasteiger partial charge in [-0.2, -0.15) is 4.98 Å². The van der Waals surface area contributed by atoms with E-state index in [1.807, 2.05) is 42.2 Å². The molecule has 3 rings (SSSR count). The van der Waals surface area contributed by atoms with Gasteiger partial charge in [0.2, 0.25) is 11.9 Å². The van der Waals surface area contributed by atoms with Crippen molar-refractivity contribution in [3.05, 3.63) is 36.0 Å². The normalized spacial score (nSPS) is 14.2. The van der Waals surface area contributed by atoms with Crippen molar-refractivity contribution in [3.8, 4) is 5.75 Å². The second kappa shape index (κ2) is 9.58. The fourth-order valence-corrected chi connectivity index (χ4v) is 3.60. The monoisotopic (exact) mass is 397 g/mol. The summed E-state index contributed by atoms with van der Waals surface area (Å²) in [5, 5.41) is 3.33. The van der Waals surface area contributed by atoms with Gasteiger partial charge in [0.25, 0.3) is 0 Å². The average Bonchev–Trinajstić information content (AvgIpc) is 2.75. The maximum absolute atomic E-state index is 12.6. The Morgan fingerprint density at radius 3 is 2.34 bits per heavy atom. The molecule has 1 N–H and O–H groups in total. The molecule has 0 atom stereocenters. The maximum atomic E-state index is 12.6. The first-order valence-corrected chi connectivity index (χ1v) is 10.3. The molecule has 1 aliphatic heterocycles. The second-order valence-electron chi connectivity index (χ2n) is 7.37. The molecule has 7 nitrogen and oxygen atoms in total. The zero-order chi connectivity index (χ0) is 20.8. The minimum Gasteiger partial charge on any atom is -0.497 e. The molecular weight excluding hydrogens is 366 g/mol. The van der Waals surface area contributed by atoms with E-state index in [1.54, 1.807) is 7.11 Å². The standard InChI is InChI=1S/C22H31N5O2/c1-5-17(6-2)21(28)26-11-13-27(14-12-26)22-23-16(3)15-20(25-22)24-18-7-9-19(29-4)10-8-18/h7-10,15,17H,5-6,11-14H2,1-4H3,(H,23,24,25). The van der Waals surface area contributed by atoms with Crippen molar-refractivity contribution in [1.29, 1.82) is 0 Å². The summed E-state index contributed by atoms with van der Waals surface area (Å²) in [6.45, 7) is 9.06. The highest BCUT2D eigenvalue weighted by Crippen LogP contribution is 2.22. The van der Waals surface area contributed by atoms with Crippen LogP contribution in [0.3, 0.4) is 0 Å². The Bertz CT molecular complexity index is 812. The Labute approximate surface area is 173 Å². The van der Waals surface area contributed by atoms with Crippen LogP contribution >= 0.6 is 0 Å². The van der Waals surface area contributed by atoms with Crippen LogP contribution in [0.4, 0.5) is 17.5 Å². The van der Waals surface area contributed by atoms with Crippen LogP contribution in [0.2, 0.25) is 0 Å². The maximum Gasteiger partial charge on any atom is 0.227 e. The molecule has 0 radical (unpaired) electrons. The molecule has 156 valence electrons. The van der Waals surface area contributed by atoms with Gasteiger partial charge in [0.05, 0.1) is 7.11 Å².